The van der Waals surface area contributed by atoms with Gasteiger partial charge in [-0.3, -0.25) is 0 Å². The van der Waals surface area contributed by atoms with E-state index in [1.54, 1.807) is 0 Å². The Bertz CT molecular complexity index is 550. The molecular formula is C17H27FN2O4S. The van der Waals surface area contributed by atoms with Gasteiger partial charge in [0.15, 0.2) is 6.29 Å². The van der Waals surface area contributed by atoms with Gasteiger partial charge in [0.2, 0.25) is 5.88 Å². The second-order valence-corrected chi connectivity index (χ2v) is 8.90. The third-order valence-corrected chi connectivity index (χ3v) is 5.42. The lowest BCUT2D eigenvalue weighted by Gasteiger charge is -2.30. The molecule has 25 heavy (non-hydrogen) atoms. The lowest BCUT2D eigenvalue weighted by molar-refractivity contribution is -0.182. The highest BCUT2D eigenvalue weighted by atomic mass is 32.2. The van der Waals surface area contributed by atoms with Crippen LogP contribution < -0.4 is 9.46 Å². The zero-order chi connectivity index (χ0) is 18.4. The highest BCUT2D eigenvalue weighted by Gasteiger charge is 2.32. The van der Waals surface area contributed by atoms with E-state index in [9.17, 15) is 8.94 Å². The summed E-state index contributed by atoms with van der Waals surface area (Å²) in [6, 6.07) is 0.971. The Balaban J connectivity index is 2.17. The maximum Gasteiger partial charge on any atom is 0.218 e. The second kappa shape index (κ2) is 9.14. The molecule has 6 nitrogen and oxygen atoms in total. The zero-order valence-electron chi connectivity index (χ0n) is 15.2. The summed E-state index contributed by atoms with van der Waals surface area (Å²) >= 11 is -1.33. The molecule has 0 amide bonds. The van der Waals surface area contributed by atoms with Gasteiger partial charge < -0.3 is 18.8 Å². The second-order valence-electron chi connectivity index (χ2n) is 6.91. The summed E-state index contributed by atoms with van der Waals surface area (Å²) in [7, 11) is 1.48. The third kappa shape index (κ3) is 6.07. The topological polar surface area (TPSA) is 75.7 Å². The lowest BCUT2D eigenvalue weighted by Crippen LogP contribution is -2.41. The molecule has 1 fully saturated rings. The Morgan fingerprint density at radius 2 is 2.12 bits per heavy atom. The molecule has 0 radical (unpaired) electrons. The number of rotatable bonds is 7. The van der Waals surface area contributed by atoms with Crippen LogP contribution in [0.15, 0.2) is 12.3 Å². The molecule has 2 rings (SSSR count). The standard InChI is InChI=1S/C17H27FN2O4S/c1-17(2,3)25(21)20-14(6-7-15-23-8-5-9-24-15)13-10-12(18)11-19-16(13)22-4/h10-11,14-15,20H,5-9H2,1-4H3/t14-,25?/m1/s1. The van der Waals surface area contributed by atoms with Crippen LogP contribution in [-0.2, 0) is 20.8 Å². The molecular weight excluding hydrogens is 347 g/mol. The van der Waals surface area contributed by atoms with E-state index in [0.29, 0.717) is 37.5 Å². The van der Waals surface area contributed by atoms with Gasteiger partial charge in [0, 0.05) is 23.3 Å². The van der Waals surface area contributed by atoms with Crippen molar-refractivity contribution in [2.24, 2.45) is 0 Å². The van der Waals surface area contributed by atoms with Crippen molar-refractivity contribution in [3.63, 3.8) is 0 Å². The van der Waals surface area contributed by atoms with E-state index in [4.69, 9.17) is 14.2 Å². The van der Waals surface area contributed by atoms with Crippen LogP contribution in [0.5, 0.6) is 5.88 Å². The van der Waals surface area contributed by atoms with E-state index >= 15 is 0 Å². The van der Waals surface area contributed by atoms with Crippen LogP contribution >= 0.6 is 0 Å². The minimum atomic E-state index is -1.33. The molecule has 0 bridgehead atoms. The first kappa shape index (κ1) is 20.4. The van der Waals surface area contributed by atoms with Crippen LogP contribution in [0, 0.1) is 5.82 Å². The van der Waals surface area contributed by atoms with Crippen LogP contribution in [0.1, 0.15) is 51.6 Å². The van der Waals surface area contributed by atoms with Gasteiger partial charge in [-0.25, -0.2) is 9.37 Å². The maximum absolute atomic E-state index is 13.7. The molecule has 142 valence electrons. The fourth-order valence-electron chi connectivity index (χ4n) is 2.45. The van der Waals surface area contributed by atoms with Crippen molar-refractivity contribution in [1.82, 2.24) is 9.71 Å². The minimum Gasteiger partial charge on any atom is -0.598 e. The number of nitrogens with one attached hydrogen (secondary N) is 1. The van der Waals surface area contributed by atoms with E-state index in [1.165, 1.54) is 13.2 Å². The molecule has 1 aliphatic heterocycles. The number of halogens is 1. The van der Waals surface area contributed by atoms with Gasteiger partial charge >= 0.3 is 0 Å². The van der Waals surface area contributed by atoms with Crippen LogP contribution in [0.4, 0.5) is 4.39 Å². The van der Waals surface area contributed by atoms with E-state index in [0.717, 1.165) is 12.6 Å². The van der Waals surface area contributed by atoms with Gasteiger partial charge in [-0.2, -0.15) is 0 Å². The fourth-order valence-corrected chi connectivity index (χ4v) is 3.31. The number of aromatic nitrogens is 1. The molecule has 0 spiro atoms. The van der Waals surface area contributed by atoms with Crippen molar-refractivity contribution >= 4 is 11.4 Å². The summed E-state index contributed by atoms with van der Waals surface area (Å²) in [6.45, 7) is 6.97. The van der Waals surface area contributed by atoms with Gasteiger partial charge in [0.05, 0.1) is 32.6 Å². The predicted molar refractivity (Wildman–Crippen MR) is 94.1 cm³/mol. The molecule has 1 N–H and O–H groups in total. The van der Waals surface area contributed by atoms with Gasteiger partial charge in [-0.15, -0.1) is 4.72 Å². The number of pyridine rings is 1. The smallest absolute Gasteiger partial charge is 0.218 e. The third-order valence-electron chi connectivity index (χ3n) is 3.81. The highest BCUT2D eigenvalue weighted by molar-refractivity contribution is 7.90. The van der Waals surface area contributed by atoms with E-state index in [-0.39, 0.29) is 6.29 Å². The van der Waals surface area contributed by atoms with Crippen molar-refractivity contribution in [2.45, 2.75) is 57.1 Å². The number of hydrogen-bond acceptors (Lipinski definition) is 6. The van der Waals surface area contributed by atoms with E-state index < -0.39 is 28.0 Å². The molecule has 1 saturated heterocycles. The summed E-state index contributed by atoms with van der Waals surface area (Å²) in [5.74, 6) is -0.149. The Labute approximate surface area is 151 Å². The van der Waals surface area contributed by atoms with Gasteiger partial charge in [-0.05, 0) is 39.7 Å². The monoisotopic (exact) mass is 374 g/mol. The Morgan fingerprint density at radius 3 is 2.72 bits per heavy atom. The maximum atomic E-state index is 13.7. The summed E-state index contributed by atoms with van der Waals surface area (Å²) in [6.07, 6.45) is 2.84. The number of methoxy groups -OCH3 is 1. The molecule has 0 aliphatic carbocycles. The molecule has 0 aromatic carbocycles. The number of nitrogens with zero attached hydrogens (tertiary/aromatic N) is 1. The SMILES string of the molecule is COc1ncc(F)cc1[C@@H](CCC1OCCCO1)N[S+]([O-])C(C)(C)C. The summed E-state index contributed by atoms with van der Waals surface area (Å²) < 4.78 is 45.3. The van der Waals surface area contributed by atoms with E-state index in [1.807, 2.05) is 20.8 Å². The average molecular weight is 374 g/mol. The molecule has 2 heterocycles. The van der Waals surface area contributed by atoms with Gasteiger partial charge in [-0.1, -0.05) is 0 Å². The first-order valence-electron chi connectivity index (χ1n) is 8.42. The Morgan fingerprint density at radius 1 is 1.44 bits per heavy atom. The Kier molecular flexibility index (Phi) is 7.45. The quantitative estimate of drug-likeness (QED) is 0.740. The molecule has 1 aromatic heterocycles. The van der Waals surface area contributed by atoms with Crippen LogP contribution in [0.3, 0.4) is 0 Å². The normalized spacial score (nSPS) is 18.8. The van der Waals surface area contributed by atoms with Gasteiger partial charge in [0.1, 0.15) is 10.6 Å². The van der Waals surface area contributed by atoms with Crippen molar-refractivity contribution < 1.29 is 23.2 Å². The molecule has 0 saturated carbocycles. The fraction of sp³-hybridized carbons (Fsp3) is 0.706. The average Bonchev–Trinajstić information content (AvgIpc) is 2.58. The van der Waals surface area contributed by atoms with Crippen molar-refractivity contribution in [3.8, 4) is 5.88 Å². The lowest BCUT2D eigenvalue weighted by atomic mass is 10.0. The molecule has 1 aliphatic rings. The molecule has 1 aromatic rings. The Hall–Kier alpha value is -0.930. The van der Waals surface area contributed by atoms with Crippen LogP contribution in [0.25, 0.3) is 0 Å². The first-order valence-corrected chi connectivity index (χ1v) is 9.57. The van der Waals surface area contributed by atoms with Crippen LogP contribution in [0.2, 0.25) is 0 Å². The summed E-state index contributed by atoms with van der Waals surface area (Å²) in [5.41, 5.74) is 0.538. The summed E-state index contributed by atoms with van der Waals surface area (Å²) in [5, 5.41) is 0. The van der Waals surface area contributed by atoms with Gasteiger partial charge in [0.25, 0.3) is 0 Å². The number of hydrogen-bond donors (Lipinski definition) is 1. The number of ether oxygens (including phenoxy) is 3. The largest absolute Gasteiger partial charge is 0.598 e. The van der Waals surface area contributed by atoms with Crippen molar-refractivity contribution in [1.29, 1.82) is 0 Å². The van der Waals surface area contributed by atoms with Crippen molar-refractivity contribution in [3.05, 3.63) is 23.6 Å². The van der Waals surface area contributed by atoms with Crippen molar-refractivity contribution in [2.75, 3.05) is 20.3 Å². The highest BCUT2D eigenvalue weighted by Crippen LogP contribution is 2.30. The minimum absolute atomic E-state index is 0.298. The molecule has 8 heteroatoms. The summed E-state index contributed by atoms with van der Waals surface area (Å²) in [4.78, 5) is 3.98. The predicted octanol–water partition coefficient (Wildman–Crippen LogP) is 2.87. The first-order chi connectivity index (χ1) is 11.8. The molecule has 1 unspecified atom stereocenters. The zero-order valence-corrected chi connectivity index (χ0v) is 16.0. The van der Waals surface area contributed by atoms with Crippen LogP contribution in [-0.4, -0.2) is 40.9 Å². The molecule has 2 atom stereocenters. The van der Waals surface area contributed by atoms with E-state index in [2.05, 4.69) is 9.71 Å².